The molecule has 138 valence electrons. The number of nitrogens with zero attached hydrogens (tertiary/aromatic N) is 2. The van der Waals surface area contributed by atoms with Crippen molar-refractivity contribution in [2.24, 2.45) is 0 Å². The summed E-state index contributed by atoms with van der Waals surface area (Å²) < 4.78 is 16.0. The van der Waals surface area contributed by atoms with Crippen LogP contribution in [0.15, 0.2) is 18.2 Å². The Morgan fingerprint density at radius 2 is 1.92 bits per heavy atom. The van der Waals surface area contributed by atoms with Crippen molar-refractivity contribution in [2.45, 2.75) is 24.7 Å². The first kappa shape index (κ1) is 17.8. The molecule has 2 fully saturated rings. The summed E-state index contributed by atoms with van der Waals surface area (Å²) in [5, 5.41) is 18.7. The van der Waals surface area contributed by atoms with Gasteiger partial charge in [-0.2, -0.15) is 0 Å². The lowest BCUT2D eigenvalue weighted by atomic mass is 10.1. The van der Waals surface area contributed by atoms with Crippen LogP contribution in [0.3, 0.4) is 0 Å². The molecule has 1 aromatic rings. The molecular weight excluding hydrogens is 328 g/mol. The van der Waals surface area contributed by atoms with Crippen molar-refractivity contribution in [3.63, 3.8) is 0 Å². The Bertz CT molecular complexity index is 621. The van der Waals surface area contributed by atoms with Crippen LogP contribution in [0.2, 0.25) is 0 Å². The van der Waals surface area contributed by atoms with Crippen LogP contribution in [-0.4, -0.2) is 84.8 Å². The summed E-state index contributed by atoms with van der Waals surface area (Å²) in [4.78, 5) is 15.9. The number of aliphatic hydroxyl groups is 2. The number of carbonyl (C=O) groups is 1. The van der Waals surface area contributed by atoms with Crippen LogP contribution < -0.4 is 9.47 Å². The van der Waals surface area contributed by atoms with Crippen molar-refractivity contribution < 1.29 is 29.2 Å². The lowest BCUT2D eigenvalue weighted by Gasteiger charge is -2.26. The van der Waals surface area contributed by atoms with E-state index < -0.39 is 0 Å². The van der Waals surface area contributed by atoms with E-state index in [1.54, 1.807) is 19.1 Å². The number of methoxy groups -OCH3 is 2. The Balaban J connectivity index is 1.73. The summed E-state index contributed by atoms with van der Waals surface area (Å²) in [5.74, 6) is 1.24. The van der Waals surface area contributed by atoms with E-state index in [4.69, 9.17) is 14.2 Å². The number of likely N-dealkylation sites (tertiary alicyclic amines) is 1. The second-order valence-electron chi connectivity index (χ2n) is 6.28. The SMILES string of the molecule is COc1ccc(CN2C(=O)O[C@@H]3CN(C(CO)CO)C[C@@H]32)cc1OC. The van der Waals surface area contributed by atoms with Crippen molar-refractivity contribution in [1.29, 1.82) is 0 Å². The minimum atomic E-state index is -0.339. The number of ether oxygens (including phenoxy) is 3. The molecule has 2 heterocycles. The first-order valence-corrected chi connectivity index (χ1v) is 8.25. The summed E-state index contributed by atoms with van der Waals surface area (Å²) >= 11 is 0. The molecule has 1 amide bonds. The molecule has 0 unspecified atom stereocenters. The van der Waals surface area contributed by atoms with Gasteiger partial charge in [0.05, 0.1) is 39.5 Å². The molecule has 2 aliphatic heterocycles. The molecule has 0 aromatic heterocycles. The largest absolute Gasteiger partial charge is 0.493 e. The van der Waals surface area contributed by atoms with E-state index in [1.807, 2.05) is 23.1 Å². The number of benzene rings is 1. The van der Waals surface area contributed by atoms with Crippen LogP contribution in [0, 0.1) is 0 Å². The summed E-state index contributed by atoms with van der Waals surface area (Å²) in [5.41, 5.74) is 0.912. The van der Waals surface area contributed by atoms with Crippen molar-refractivity contribution in [3.05, 3.63) is 23.8 Å². The summed E-state index contributed by atoms with van der Waals surface area (Å²) in [6.07, 6.45) is -0.581. The normalized spacial score (nSPS) is 23.1. The third-order valence-electron chi connectivity index (χ3n) is 4.89. The first-order valence-electron chi connectivity index (χ1n) is 8.25. The first-order chi connectivity index (χ1) is 12.1. The molecule has 1 aromatic carbocycles. The van der Waals surface area contributed by atoms with Crippen LogP contribution in [0.4, 0.5) is 4.79 Å². The van der Waals surface area contributed by atoms with Crippen molar-refractivity contribution in [3.8, 4) is 11.5 Å². The van der Waals surface area contributed by atoms with Gasteiger partial charge in [-0.15, -0.1) is 0 Å². The highest BCUT2D eigenvalue weighted by molar-refractivity contribution is 5.71. The van der Waals surface area contributed by atoms with E-state index in [2.05, 4.69) is 0 Å². The minimum absolute atomic E-state index is 0.0961. The van der Waals surface area contributed by atoms with Crippen LogP contribution in [0.5, 0.6) is 11.5 Å². The van der Waals surface area contributed by atoms with Gasteiger partial charge >= 0.3 is 6.09 Å². The maximum absolute atomic E-state index is 12.2. The summed E-state index contributed by atoms with van der Waals surface area (Å²) in [7, 11) is 3.15. The standard InChI is InChI=1S/C17H24N2O6/c1-23-14-4-3-11(5-15(14)24-2)6-19-13-7-18(12(9-20)10-21)8-16(13)25-17(19)22/h3-5,12-13,16,20-21H,6-10H2,1-2H3/t13-,16+/m0/s1. The molecule has 3 rings (SSSR count). The lowest BCUT2D eigenvalue weighted by molar-refractivity contribution is 0.0662. The van der Waals surface area contributed by atoms with Crippen LogP contribution in [0.1, 0.15) is 5.56 Å². The highest BCUT2D eigenvalue weighted by Crippen LogP contribution is 2.32. The van der Waals surface area contributed by atoms with Gasteiger partial charge < -0.3 is 24.4 Å². The van der Waals surface area contributed by atoms with Gasteiger partial charge in [0.1, 0.15) is 6.10 Å². The number of hydrogen-bond acceptors (Lipinski definition) is 7. The molecule has 0 aliphatic carbocycles. The van der Waals surface area contributed by atoms with E-state index in [-0.39, 0.29) is 37.5 Å². The smallest absolute Gasteiger partial charge is 0.410 e. The Hall–Kier alpha value is -2.03. The third kappa shape index (κ3) is 3.37. The van der Waals surface area contributed by atoms with Crippen LogP contribution in [-0.2, 0) is 11.3 Å². The topological polar surface area (TPSA) is 91.7 Å². The van der Waals surface area contributed by atoms with Gasteiger partial charge in [0.15, 0.2) is 11.5 Å². The zero-order valence-electron chi connectivity index (χ0n) is 14.4. The van der Waals surface area contributed by atoms with Gasteiger partial charge in [0, 0.05) is 19.6 Å². The Morgan fingerprint density at radius 3 is 2.56 bits per heavy atom. The predicted molar refractivity (Wildman–Crippen MR) is 88.7 cm³/mol. The van der Waals surface area contributed by atoms with Crippen molar-refractivity contribution in [1.82, 2.24) is 9.80 Å². The predicted octanol–water partition coefficient (Wildman–Crippen LogP) is 0.0620. The molecule has 8 heteroatoms. The molecule has 0 saturated carbocycles. The van der Waals surface area contributed by atoms with Crippen molar-refractivity contribution >= 4 is 6.09 Å². The maximum atomic E-state index is 12.2. The van der Waals surface area contributed by atoms with E-state index in [1.165, 1.54) is 0 Å². The molecule has 8 nitrogen and oxygen atoms in total. The summed E-state index contributed by atoms with van der Waals surface area (Å²) in [6.45, 7) is 1.23. The molecule has 0 radical (unpaired) electrons. The number of fused-ring (bicyclic) bond motifs is 1. The fourth-order valence-corrected chi connectivity index (χ4v) is 3.48. The number of carbonyl (C=O) groups excluding carboxylic acids is 1. The number of amides is 1. The van der Waals surface area contributed by atoms with Gasteiger partial charge in [-0.1, -0.05) is 6.07 Å². The number of aliphatic hydroxyl groups excluding tert-OH is 2. The van der Waals surface area contributed by atoms with E-state index in [0.29, 0.717) is 31.1 Å². The third-order valence-corrected chi connectivity index (χ3v) is 4.89. The van der Waals surface area contributed by atoms with Crippen LogP contribution >= 0.6 is 0 Å². The lowest BCUT2D eigenvalue weighted by Crippen LogP contribution is -2.43. The number of hydrogen-bond donors (Lipinski definition) is 2. The molecule has 25 heavy (non-hydrogen) atoms. The van der Waals surface area contributed by atoms with Gasteiger partial charge in [-0.3, -0.25) is 9.80 Å². The maximum Gasteiger partial charge on any atom is 0.410 e. The Kier molecular flexibility index (Phi) is 5.31. The van der Waals surface area contributed by atoms with E-state index in [0.717, 1.165) is 5.56 Å². The molecule has 2 N–H and O–H groups in total. The fourth-order valence-electron chi connectivity index (χ4n) is 3.48. The second-order valence-corrected chi connectivity index (χ2v) is 6.28. The second kappa shape index (κ2) is 7.47. The zero-order valence-corrected chi connectivity index (χ0v) is 14.4. The molecule has 0 bridgehead atoms. The number of rotatable bonds is 7. The molecule has 2 aliphatic rings. The Morgan fingerprint density at radius 1 is 1.20 bits per heavy atom. The van der Waals surface area contributed by atoms with E-state index >= 15 is 0 Å². The van der Waals surface area contributed by atoms with Crippen molar-refractivity contribution in [2.75, 3.05) is 40.5 Å². The van der Waals surface area contributed by atoms with Gasteiger partial charge in [0.2, 0.25) is 0 Å². The molecular formula is C17H24N2O6. The fraction of sp³-hybridized carbons (Fsp3) is 0.588. The minimum Gasteiger partial charge on any atom is -0.493 e. The molecule has 0 spiro atoms. The highest BCUT2D eigenvalue weighted by atomic mass is 16.6. The van der Waals surface area contributed by atoms with Crippen LogP contribution in [0.25, 0.3) is 0 Å². The highest BCUT2D eigenvalue weighted by Gasteiger charge is 2.48. The zero-order chi connectivity index (χ0) is 18.0. The average Bonchev–Trinajstić information content (AvgIpc) is 3.14. The average molecular weight is 352 g/mol. The van der Waals surface area contributed by atoms with E-state index in [9.17, 15) is 15.0 Å². The summed E-state index contributed by atoms with van der Waals surface area (Å²) in [6, 6.07) is 5.12. The van der Waals surface area contributed by atoms with Gasteiger partial charge in [-0.05, 0) is 17.7 Å². The van der Waals surface area contributed by atoms with Gasteiger partial charge in [-0.25, -0.2) is 4.79 Å². The molecule has 2 saturated heterocycles. The quantitative estimate of drug-likeness (QED) is 0.717. The monoisotopic (exact) mass is 352 g/mol. The molecule has 2 atom stereocenters. The van der Waals surface area contributed by atoms with Gasteiger partial charge in [0.25, 0.3) is 0 Å². The Labute approximate surface area is 146 Å².